The van der Waals surface area contributed by atoms with Gasteiger partial charge in [0.15, 0.2) is 17.0 Å². The van der Waals surface area contributed by atoms with Crippen LogP contribution in [0.1, 0.15) is 23.1 Å². The number of nitrogens with zero attached hydrogens (tertiary/aromatic N) is 4. The van der Waals surface area contributed by atoms with Gasteiger partial charge in [0.1, 0.15) is 0 Å². The summed E-state index contributed by atoms with van der Waals surface area (Å²) >= 11 is 7.80. The van der Waals surface area contributed by atoms with Gasteiger partial charge < -0.3 is 9.88 Å². The number of nitrogens with one attached hydrogen (secondary N) is 1. The van der Waals surface area contributed by atoms with E-state index in [-0.39, 0.29) is 5.28 Å². The Hall–Kier alpha value is -1.66. The average Bonchev–Trinajstić information content (AvgIpc) is 3.04. The molecular formula is C14H16ClN5S. The van der Waals surface area contributed by atoms with E-state index < -0.39 is 0 Å². The highest BCUT2D eigenvalue weighted by Gasteiger charge is 2.12. The largest absolute Gasteiger partial charge is 0.363 e. The predicted molar refractivity (Wildman–Crippen MR) is 87.0 cm³/mol. The highest BCUT2D eigenvalue weighted by Crippen LogP contribution is 2.23. The first-order chi connectivity index (χ1) is 10.2. The van der Waals surface area contributed by atoms with Crippen LogP contribution in [-0.4, -0.2) is 19.5 Å². The topological polar surface area (TPSA) is 55.6 Å². The molecule has 5 nitrogen and oxygen atoms in total. The number of anilines is 1. The van der Waals surface area contributed by atoms with Gasteiger partial charge in [0.2, 0.25) is 5.28 Å². The van der Waals surface area contributed by atoms with E-state index in [2.05, 4.69) is 46.2 Å². The highest BCUT2D eigenvalue weighted by atomic mass is 35.5. The molecule has 0 saturated heterocycles. The molecule has 0 amide bonds. The summed E-state index contributed by atoms with van der Waals surface area (Å²) in [6, 6.07) is 4.23. The van der Waals surface area contributed by atoms with Crippen LogP contribution < -0.4 is 5.32 Å². The van der Waals surface area contributed by atoms with Crippen LogP contribution in [0.4, 0.5) is 5.82 Å². The number of halogens is 1. The summed E-state index contributed by atoms with van der Waals surface area (Å²) in [5.74, 6) is 0.686. The number of hydrogen-bond acceptors (Lipinski definition) is 5. The molecule has 0 radical (unpaired) electrons. The lowest BCUT2D eigenvalue weighted by atomic mass is 10.4. The van der Waals surface area contributed by atoms with E-state index in [1.165, 1.54) is 9.75 Å². The molecule has 0 aliphatic heterocycles. The second-order valence-electron chi connectivity index (χ2n) is 4.82. The maximum absolute atomic E-state index is 6.04. The summed E-state index contributed by atoms with van der Waals surface area (Å²) in [5, 5.41) is 3.55. The van der Waals surface area contributed by atoms with Crippen LogP contribution in [0.5, 0.6) is 0 Å². The first-order valence-electron chi connectivity index (χ1n) is 6.85. The number of hydrogen-bond donors (Lipinski definition) is 1. The maximum atomic E-state index is 6.04. The number of aryl methyl sites for hydroxylation is 2. The summed E-state index contributed by atoms with van der Waals surface area (Å²) in [4.78, 5) is 15.5. The van der Waals surface area contributed by atoms with Crippen molar-refractivity contribution in [3.05, 3.63) is 33.5 Å². The highest BCUT2D eigenvalue weighted by molar-refractivity contribution is 7.11. The van der Waals surface area contributed by atoms with Crippen molar-refractivity contribution in [3.63, 3.8) is 0 Å². The Morgan fingerprint density at radius 2 is 2.19 bits per heavy atom. The van der Waals surface area contributed by atoms with Gasteiger partial charge in [-0.3, -0.25) is 0 Å². The summed E-state index contributed by atoms with van der Waals surface area (Å²) < 4.78 is 2.00. The fourth-order valence-corrected chi connectivity index (χ4v) is 3.19. The zero-order valence-corrected chi connectivity index (χ0v) is 13.5. The van der Waals surface area contributed by atoms with Crippen LogP contribution in [0.3, 0.4) is 0 Å². The third-order valence-corrected chi connectivity index (χ3v) is 4.30. The smallest absolute Gasteiger partial charge is 0.226 e. The molecule has 7 heteroatoms. The molecular weight excluding hydrogens is 306 g/mol. The fourth-order valence-electron chi connectivity index (χ4n) is 2.20. The lowest BCUT2D eigenvalue weighted by Crippen LogP contribution is -2.03. The van der Waals surface area contributed by atoms with E-state index in [4.69, 9.17) is 11.6 Å². The lowest BCUT2D eigenvalue weighted by Gasteiger charge is -2.06. The van der Waals surface area contributed by atoms with Gasteiger partial charge >= 0.3 is 0 Å². The van der Waals surface area contributed by atoms with E-state index in [9.17, 15) is 0 Å². The van der Waals surface area contributed by atoms with Gasteiger partial charge in [0.05, 0.1) is 12.9 Å². The summed E-state index contributed by atoms with van der Waals surface area (Å²) in [5.41, 5.74) is 1.54. The molecule has 0 bridgehead atoms. The minimum absolute atomic E-state index is 0.241. The third kappa shape index (κ3) is 3.01. The Kier molecular flexibility index (Phi) is 4.07. The molecule has 3 heterocycles. The number of rotatable bonds is 5. The van der Waals surface area contributed by atoms with Gasteiger partial charge in [0, 0.05) is 16.3 Å². The molecule has 3 aromatic heterocycles. The predicted octanol–water partition coefficient (Wildman–Crippen LogP) is 3.87. The fraction of sp³-hybridized carbons (Fsp3) is 0.357. The first-order valence-corrected chi connectivity index (χ1v) is 8.04. The van der Waals surface area contributed by atoms with Gasteiger partial charge in [0.25, 0.3) is 0 Å². The minimum atomic E-state index is 0.241. The maximum Gasteiger partial charge on any atom is 0.226 e. The number of aromatic nitrogens is 4. The monoisotopic (exact) mass is 321 g/mol. The van der Waals surface area contributed by atoms with Gasteiger partial charge in [-0.15, -0.1) is 11.3 Å². The zero-order chi connectivity index (χ0) is 14.8. The van der Waals surface area contributed by atoms with Crippen molar-refractivity contribution in [1.82, 2.24) is 19.5 Å². The van der Waals surface area contributed by atoms with Crippen LogP contribution in [0.15, 0.2) is 18.5 Å². The Morgan fingerprint density at radius 1 is 1.33 bits per heavy atom. The molecule has 0 unspecified atom stereocenters. The van der Waals surface area contributed by atoms with E-state index >= 15 is 0 Å². The number of fused-ring (bicyclic) bond motifs is 1. The first kappa shape index (κ1) is 14.3. The quantitative estimate of drug-likeness (QED) is 0.725. The molecule has 0 aliphatic rings. The van der Waals surface area contributed by atoms with Crippen LogP contribution in [0, 0.1) is 6.92 Å². The molecule has 0 spiro atoms. The van der Waals surface area contributed by atoms with Crippen LogP contribution in [0.2, 0.25) is 5.28 Å². The molecule has 0 saturated carbocycles. The van der Waals surface area contributed by atoms with Crippen molar-refractivity contribution < 1.29 is 0 Å². The molecule has 0 fully saturated rings. The van der Waals surface area contributed by atoms with E-state index in [1.807, 2.05) is 4.57 Å². The Bertz CT molecular complexity index is 764. The van der Waals surface area contributed by atoms with Crippen molar-refractivity contribution in [1.29, 1.82) is 0 Å². The number of imidazole rings is 1. The molecule has 3 rings (SSSR count). The van der Waals surface area contributed by atoms with Crippen LogP contribution >= 0.6 is 22.9 Å². The minimum Gasteiger partial charge on any atom is -0.363 e. The van der Waals surface area contributed by atoms with Gasteiger partial charge in [-0.1, -0.05) is 6.92 Å². The second-order valence-corrected chi connectivity index (χ2v) is 6.53. The zero-order valence-electron chi connectivity index (χ0n) is 11.9. The van der Waals surface area contributed by atoms with Gasteiger partial charge in [-0.25, -0.2) is 4.98 Å². The molecule has 0 atom stereocenters. The summed E-state index contributed by atoms with van der Waals surface area (Å²) in [6.07, 6.45) is 2.81. The normalized spacial score (nSPS) is 11.2. The van der Waals surface area contributed by atoms with Crippen LogP contribution in [-0.2, 0) is 13.1 Å². The van der Waals surface area contributed by atoms with Crippen LogP contribution in [0.25, 0.3) is 11.2 Å². The van der Waals surface area contributed by atoms with Crippen molar-refractivity contribution >= 4 is 39.9 Å². The van der Waals surface area contributed by atoms with Gasteiger partial charge in [-0.2, -0.15) is 9.97 Å². The molecule has 0 aliphatic carbocycles. The Labute approximate surface area is 132 Å². The van der Waals surface area contributed by atoms with Crippen molar-refractivity contribution in [2.45, 2.75) is 33.4 Å². The molecule has 21 heavy (non-hydrogen) atoms. The summed E-state index contributed by atoms with van der Waals surface area (Å²) in [7, 11) is 0. The summed E-state index contributed by atoms with van der Waals surface area (Å²) in [6.45, 7) is 5.79. The van der Waals surface area contributed by atoms with Crippen molar-refractivity contribution in [2.24, 2.45) is 0 Å². The lowest BCUT2D eigenvalue weighted by molar-refractivity contribution is 0.691. The second kappa shape index (κ2) is 5.99. The third-order valence-electron chi connectivity index (χ3n) is 3.13. The van der Waals surface area contributed by atoms with E-state index in [1.54, 1.807) is 17.7 Å². The molecule has 0 aromatic carbocycles. The molecule has 3 aromatic rings. The number of thiophene rings is 1. The van der Waals surface area contributed by atoms with Gasteiger partial charge in [-0.05, 0) is 37.1 Å². The standard InChI is InChI=1S/C14H16ClN5S/c1-3-6-20-8-17-11-12(18-14(15)19-13(11)20)16-7-10-5-4-9(2)21-10/h4-5,8H,3,6-7H2,1-2H3,(H,16,18,19). The SMILES string of the molecule is CCCn1cnc2c(NCc3ccc(C)s3)nc(Cl)nc21. The van der Waals surface area contributed by atoms with E-state index in [0.717, 1.165) is 24.1 Å². The Balaban J connectivity index is 1.90. The molecule has 1 N–H and O–H groups in total. The Morgan fingerprint density at radius 3 is 2.90 bits per heavy atom. The van der Waals surface area contributed by atoms with Crippen molar-refractivity contribution in [2.75, 3.05) is 5.32 Å². The molecule has 110 valence electrons. The average molecular weight is 322 g/mol. The van der Waals surface area contributed by atoms with Crippen molar-refractivity contribution in [3.8, 4) is 0 Å². The van der Waals surface area contributed by atoms with E-state index in [0.29, 0.717) is 12.4 Å².